The van der Waals surface area contributed by atoms with E-state index >= 15 is 0 Å². The molecule has 7 heteroatoms. The van der Waals surface area contributed by atoms with Crippen molar-refractivity contribution in [2.24, 2.45) is 5.73 Å². The van der Waals surface area contributed by atoms with Gasteiger partial charge in [-0.05, 0) is 19.4 Å². The van der Waals surface area contributed by atoms with Crippen molar-refractivity contribution < 1.29 is 0 Å². The van der Waals surface area contributed by atoms with Crippen molar-refractivity contribution in [3.8, 4) is 0 Å². The van der Waals surface area contributed by atoms with E-state index in [2.05, 4.69) is 19.9 Å². The van der Waals surface area contributed by atoms with Gasteiger partial charge in [-0.15, -0.1) is 0 Å². The summed E-state index contributed by atoms with van der Waals surface area (Å²) in [6.45, 7) is 2.32. The molecule has 1 aromatic heterocycles. The van der Waals surface area contributed by atoms with E-state index in [9.17, 15) is 0 Å². The Balaban J connectivity index is 2.08. The SMILES string of the molecule is NCC1CCCCN1Cc1nc(N)nc(N)n1. The molecule has 94 valence electrons. The lowest BCUT2D eigenvalue weighted by molar-refractivity contribution is 0.141. The van der Waals surface area contributed by atoms with E-state index in [0.717, 1.165) is 13.0 Å². The van der Waals surface area contributed by atoms with Gasteiger partial charge >= 0.3 is 0 Å². The van der Waals surface area contributed by atoms with Crippen LogP contribution in [0.2, 0.25) is 0 Å². The average molecular weight is 237 g/mol. The molecule has 0 saturated carbocycles. The van der Waals surface area contributed by atoms with Crippen LogP contribution in [-0.4, -0.2) is 39.0 Å². The summed E-state index contributed by atoms with van der Waals surface area (Å²) in [7, 11) is 0. The molecular weight excluding hydrogens is 218 g/mol. The largest absolute Gasteiger partial charge is 0.368 e. The van der Waals surface area contributed by atoms with Gasteiger partial charge < -0.3 is 17.2 Å². The molecule has 1 fully saturated rings. The van der Waals surface area contributed by atoms with Crippen LogP contribution < -0.4 is 17.2 Å². The lowest BCUT2D eigenvalue weighted by atomic mass is 10.0. The number of nitrogens with zero attached hydrogens (tertiary/aromatic N) is 4. The highest BCUT2D eigenvalue weighted by atomic mass is 15.2. The molecular formula is C10H19N7. The summed E-state index contributed by atoms with van der Waals surface area (Å²) in [6, 6.07) is 0.406. The van der Waals surface area contributed by atoms with E-state index in [4.69, 9.17) is 17.2 Å². The maximum Gasteiger partial charge on any atom is 0.225 e. The molecule has 1 aliphatic heterocycles. The Kier molecular flexibility index (Phi) is 3.70. The smallest absolute Gasteiger partial charge is 0.225 e. The molecule has 7 nitrogen and oxygen atoms in total. The average Bonchev–Trinajstić information content (AvgIpc) is 2.28. The molecule has 2 rings (SSSR count). The fraction of sp³-hybridized carbons (Fsp3) is 0.700. The van der Waals surface area contributed by atoms with Gasteiger partial charge in [-0.25, -0.2) is 0 Å². The number of nitrogens with two attached hydrogens (primary N) is 3. The normalized spacial score (nSPS) is 21.6. The predicted octanol–water partition coefficient (Wildman–Crippen LogP) is -0.651. The number of anilines is 2. The van der Waals surface area contributed by atoms with Crippen molar-refractivity contribution in [2.75, 3.05) is 24.6 Å². The Morgan fingerprint density at radius 1 is 1.12 bits per heavy atom. The summed E-state index contributed by atoms with van der Waals surface area (Å²) in [5.41, 5.74) is 16.9. The standard InChI is InChI=1S/C10H19N7/c11-5-7-3-1-2-4-17(7)6-8-14-9(12)16-10(13)15-8/h7H,1-6,11H2,(H4,12,13,14,15,16). The van der Waals surface area contributed by atoms with Gasteiger partial charge in [-0.1, -0.05) is 6.42 Å². The third-order valence-corrected chi connectivity index (χ3v) is 3.08. The predicted molar refractivity (Wildman–Crippen MR) is 65.8 cm³/mol. The number of piperidine rings is 1. The van der Waals surface area contributed by atoms with E-state index in [1.807, 2.05) is 0 Å². The summed E-state index contributed by atoms with van der Waals surface area (Å²) >= 11 is 0. The van der Waals surface area contributed by atoms with E-state index in [-0.39, 0.29) is 11.9 Å². The molecule has 1 unspecified atom stereocenters. The molecule has 0 aliphatic carbocycles. The Bertz CT molecular complexity index is 361. The van der Waals surface area contributed by atoms with Crippen molar-refractivity contribution >= 4 is 11.9 Å². The van der Waals surface area contributed by atoms with Crippen molar-refractivity contribution in [1.82, 2.24) is 19.9 Å². The molecule has 0 amide bonds. The molecule has 0 radical (unpaired) electrons. The van der Waals surface area contributed by atoms with Gasteiger partial charge in [0.25, 0.3) is 0 Å². The first-order valence-electron chi connectivity index (χ1n) is 5.89. The van der Waals surface area contributed by atoms with Gasteiger partial charge in [-0.3, -0.25) is 4.90 Å². The van der Waals surface area contributed by atoms with E-state index in [1.165, 1.54) is 12.8 Å². The van der Waals surface area contributed by atoms with Gasteiger partial charge in [0.05, 0.1) is 6.54 Å². The zero-order valence-electron chi connectivity index (χ0n) is 9.84. The fourth-order valence-corrected chi connectivity index (χ4v) is 2.24. The summed E-state index contributed by atoms with van der Waals surface area (Å²) < 4.78 is 0. The first-order valence-corrected chi connectivity index (χ1v) is 5.89. The molecule has 0 aromatic carbocycles. The van der Waals surface area contributed by atoms with Crippen molar-refractivity contribution in [3.05, 3.63) is 5.82 Å². The van der Waals surface area contributed by atoms with Crippen LogP contribution in [-0.2, 0) is 6.54 Å². The van der Waals surface area contributed by atoms with E-state index < -0.39 is 0 Å². The zero-order valence-corrected chi connectivity index (χ0v) is 9.84. The van der Waals surface area contributed by atoms with Crippen LogP contribution in [0.5, 0.6) is 0 Å². The zero-order chi connectivity index (χ0) is 12.3. The molecule has 1 aliphatic rings. The number of aromatic nitrogens is 3. The van der Waals surface area contributed by atoms with Crippen LogP contribution in [0.25, 0.3) is 0 Å². The van der Waals surface area contributed by atoms with E-state index in [0.29, 0.717) is 25.0 Å². The quantitative estimate of drug-likeness (QED) is 0.638. The molecule has 17 heavy (non-hydrogen) atoms. The number of rotatable bonds is 3. The van der Waals surface area contributed by atoms with Crippen molar-refractivity contribution in [2.45, 2.75) is 31.8 Å². The maximum absolute atomic E-state index is 5.76. The third-order valence-electron chi connectivity index (χ3n) is 3.08. The summed E-state index contributed by atoms with van der Waals surface area (Å²) in [5, 5.41) is 0. The molecule has 1 aromatic rings. The van der Waals surface area contributed by atoms with Gasteiger partial charge in [0.1, 0.15) is 5.82 Å². The van der Waals surface area contributed by atoms with Crippen LogP contribution >= 0.6 is 0 Å². The summed E-state index contributed by atoms with van der Waals surface area (Å²) in [4.78, 5) is 14.2. The van der Waals surface area contributed by atoms with Crippen LogP contribution in [0, 0.1) is 0 Å². The van der Waals surface area contributed by atoms with Gasteiger partial charge in [0.15, 0.2) is 0 Å². The molecule has 2 heterocycles. The Hall–Kier alpha value is -1.47. The second kappa shape index (κ2) is 5.24. The minimum Gasteiger partial charge on any atom is -0.368 e. The number of hydrogen-bond acceptors (Lipinski definition) is 7. The molecule has 0 bridgehead atoms. The highest BCUT2D eigenvalue weighted by Gasteiger charge is 2.22. The van der Waals surface area contributed by atoms with Crippen LogP contribution in [0.3, 0.4) is 0 Å². The fourth-order valence-electron chi connectivity index (χ4n) is 2.24. The Morgan fingerprint density at radius 3 is 2.47 bits per heavy atom. The second-order valence-electron chi connectivity index (χ2n) is 4.32. The minimum absolute atomic E-state index is 0.175. The van der Waals surface area contributed by atoms with Gasteiger partial charge in [0, 0.05) is 12.6 Å². The molecule has 1 atom stereocenters. The van der Waals surface area contributed by atoms with Gasteiger partial charge in [-0.2, -0.15) is 15.0 Å². The maximum atomic E-state index is 5.76. The van der Waals surface area contributed by atoms with Crippen molar-refractivity contribution in [1.29, 1.82) is 0 Å². The molecule has 1 saturated heterocycles. The number of likely N-dealkylation sites (tertiary alicyclic amines) is 1. The Labute approximate surface area is 100 Å². The lowest BCUT2D eigenvalue weighted by Crippen LogP contribution is -2.43. The number of nitrogen functional groups attached to an aromatic ring is 2. The third kappa shape index (κ3) is 3.01. The first kappa shape index (κ1) is 12.0. The minimum atomic E-state index is 0.175. The van der Waals surface area contributed by atoms with E-state index in [1.54, 1.807) is 0 Å². The highest BCUT2D eigenvalue weighted by molar-refractivity contribution is 5.25. The van der Waals surface area contributed by atoms with Crippen molar-refractivity contribution in [3.63, 3.8) is 0 Å². The van der Waals surface area contributed by atoms with Crippen LogP contribution in [0.4, 0.5) is 11.9 Å². The number of hydrogen-bond donors (Lipinski definition) is 3. The van der Waals surface area contributed by atoms with Gasteiger partial charge in [0.2, 0.25) is 11.9 Å². The first-order chi connectivity index (χ1) is 8.19. The second-order valence-corrected chi connectivity index (χ2v) is 4.32. The molecule has 0 spiro atoms. The van der Waals surface area contributed by atoms with Crippen LogP contribution in [0.15, 0.2) is 0 Å². The topological polar surface area (TPSA) is 120 Å². The summed E-state index contributed by atoms with van der Waals surface area (Å²) in [6.07, 6.45) is 3.55. The highest BCUT2D eigenvalue weighted by Crippen LogP contribution is 2.18. The molecule has 6 N–H and O–H groups in total. The monoisotopic (exact) mass is 237 g/mol. The van der Waals surface area contributed by atoms with Crippen LogP contribution in [0.1, 0.15) is 25.1 Å². The lowest BCUT2D eigenvalue weighted by Gasteiger charge is -2.34. The summed E-state index contributed by atoms with van der Waals surface area (Å²) in [5.74, 6) is 0.970. The Morgan fingerprint density at radius 2 is 1.82 bits per heavy atom.